The molecule has 1 aromatic carbocycles. The molecule has 0 saturated carbocycles. The molecule has 0 saturated heterocycles. The molecule has 0 bridgehead atoms. The fourth-order valence-corrected chi connectivity index (χ4v) is 2.35. The van der Waals surface area contributed by atoms with Crippen LogP contribution in [0.15, 0.2) is 18.2 Å². The predicted octanol–water partition coefficient (Wildman–Crippen LogP) is 3.25. The van der Waals surface area contributed by atoms with Gasteiger partial charge in [0, 0.05) is 11.8 Å². The Kier molecular flexibility index (Phi) is 6.01. The van der Waals surface area contributed by atoms with E-state index in [-0.39, 0.29) is 24.1 Å². The Balaban J connectivity index is 2.71. The van der Waals surface area contributed by atoms with E-state index >= 15 is 0 Å². The first-order chi connectivity index (χ1) is 8.96. The fourth-order valence-electron chi connectivity index (χ4n) is 1.55. The highest BCUT2D eigenvalue weighted by atomic mass is 35.5. The predicted molar refractivity (Wildman–Crippen MR) is 72.7 cm³/mol. The fraction of sp³-hybridized carbons (Fsp3) is 0.462. The first-order valence-corrected chi connectivity index (χ1v) is 6.90. The lowest BCUT2D eigenvalue weighted by Gasteiger charge is -2.29. The Hall–Kier alpha value is -0.870. The molecule has 6 heteroatoms. The summed E-state index contributed by atoms with van der Waals surface area (Å²) in [6.45, 7) is 1.86. The zero-order valence-corrected chi connectivity index (χ0v) is 12.0. The molecule has 0 aliphatic carbocycles. The number of hydrogen-bond acceptors (Lipinski definition) is 1. The van der Waals surface area contributed by atoms with E-state index in [1.165, 1.54) is 6.07 Å². The highest BCUT2D eigenvalue weighted by Gasteiger charge is 2.28. The van der Waals surface area contributed by atoms with Gasteiger partial charge in [-0.05, 0) is 24.1 Å². The maximum atomic E-state index is 13.0. The molecule has 0 unspecified atom stereocenters. The van der Waals surface area contributed by atoms with E-state index in [2.05, 4.69) is 5.32 Å². The molecule has 0 fully saturated rings. The maximum absolute atomic E-state index is 13.0. The van der Waals surface area contributed by atoms with Gasteiger partial charge in [-0.25, -0.2) is 8.78 Å². The monoisotopic (exact) mass is 309 g/mol. The normalized spacial score (nSPS) is 11.4. The van der Waals surface area contributed by atoms with Gasteiger partial charge in [0.05, 0.1) is 12.0 Å². The molecule has 2 nitrogen and oxygen atoms in total. The molecule has 0 radical (unpaired) electrons. The highest BCUT2D eigenvalue weighted by Crippen LogP contribution is 2.16. The van der Waals surface area contributed by atoms with E-state index in [1.54, 1.807) is 0 Å². The summed E-state index contributed by atoms with van der Waals surface area (Å²) in [5, 5.41) is 2.74. The molecule has 1 rings (SSSR count). The van der Waals surface area contributed by atoms with Crippen molar-refractivity contribution in [3.8, 4) is 0 Å². The highest BCUT2D eigenvalue weighted by molar-refractivity contribution is 6.22. The Morgan fingerprint density at radius 3 is 2.37 bits per heavy atom. The zero-order chi connectivity index (χ0) is 14.5. The Labute approximate surface area is 121 Å². The third-order valence-electron chi connectivity index (χ3n) is 2.94. The molecule has 0 aliphatic heterocycles. The molecule has 0 aliphatic rings. The largest absolute Gasteiger partial charge is 0.348 e. The number of halogens is 4. The molecular formula is C13H15Cl2F2NO. The quantitative estimate of drug-likeness (QED) is 0.803. The minimum absolute atomic E-state index is 0.0489. The average Bonchev–Trinajstić information content (AvgIpc) is 2.40. The number of benzene rings is 1. The zero-order valence-electron chi connectivity index (χ0n) is 10.5. The van der Waals surface area contributed by atoms with Crippen molar-refractivity contribution in [2.24, 2.45) is 0 Å². The van der Waals surface area contributed by atoms with Crippen molar-refractivity contribution in [2.75, 3.05) is 11.8 Å². The number of carbonyl (C=O) groups excluding carboxylic acids is 1. The smallest absolute Gasteiger partial charge is 0.224 e. The van der Waals surface area contributed by atoms with E-state index in [9.17, 15) is 13.6 Å². The summed E-state index contributed by atoms with van der Waals surface area (Å²) in [6, 6.07) is 3.37. The minimum Gasteiger partial charge on any atom is -0.348 e. The molecule has 19 heavy (non-hydrogen) atoms. The van der Waals surface area contributed by atoms with Crippen LogP contribution in [0.1, 0.15) is 18.9 Å². The first kappa shape index (κ1) is 16.2. The van der Waals surface area contributed by atoms with Crippen LogP contribution >= 0.6 is 23.2 Å². The second kappa shape index (κ2) is 7.06. The van der Waals surface area contributed by atoms with Crippen molar-refractivity contribution in [3.63, 3.8) is 0 Å². The Morgan fingerprint density at radius 2 is 1.89 bits per heavy atom. The van der Waals surface area contributed by atoms with Crippen LogP contribution in [0, 0.1) is 11.6 Å². The second-order valence-corrected chi connectivity index (χ2v) is 4.91. The number of hydrogen-bond donors (Lipinski definition) is 1. The molecule has 0 atom stereocenters. The summed E-state index contributed by atoms with van der Waals surface area (Å²) in [5.41, 5.74) is -0.274. The molecule has 1 N–H and O–H groups in total. The van der Waals surface area contributed by atoms with Gasteiger partial charge in [-0.1, -0.05) is 13.0 Å². The van der Waals surface area contributed by atoms with Crippen LogP contribution in [0.5, 0.6) is 0 Å². The van der Waals surface area contributed by atoms with Gasteiger partial charge >= 0.3 is 0 Å². The van der Waals surface area contributed by atoms with Crippen LogP contribution in [-0.2, 0) is 11.2 Å². The number of carbonyl (C=O) groups is 1. The summed E-state index contributed by atoms with van der Waals surface area (Å²) in [7, 11) is 0. The molecule has 1 aromatic rings. The number of nitrogens with one attached hydrogen (secondary N) is 1. The van der Waals surface area contributed by atoms with Gasteiger partial charge in [-0.2, -0.15) is 0 Å². The van der Waals surface area contributed by atoms with Gasteiger partial charge in [0.1, 0.15) is 0 Å². The molecule has 0 spiro atoms. The minimum atomic E-state index is -0.971. The van der Waals surface area contributed by atoms with Crippen molar-refractivity contribution in [2.45, 2.75) is 25.3 Å². The van der Waals surface area contributed by atoms with Crippen LogP contribution in [0.2, 0.25) is 0 Å². The summed E-state index contributed by atoms with van der Waals surface area (Å²) in [4.78, 5) is 11.9. The van der Waals surface area contributed by atoms with Crippen molar-refractivity contribution >= 4 is 29.1 Å². The van der Waals surface area contributed by atoms with Crippen molar-refractivity contribution in [1.29, 1.82) is 0 Å². The van der Waals surface area contributed by atoms with E-state index in [0.29, 0.717) is 12.0 Å². The topological polar surface area (TPSA) is 29.1 Å². The van der Waals surface area contributed by atoms with Crippen LogP contribution in [0.4, 0.5) is 8.78 Å². The standard InChI is InChI=1S/C13H15Cl2F2NO/c1-2-13(7-14,8-15)18-12(19)6-9-3-4-10(16)11(17)5-9/h3-5H,2,6-8H2,1H3,(H,18,19). The van der Waals surface area contributed by atoms with Crippen molar-refractivity contribution in [1.82, 2.24) is 5.32 Å². The lowest BCUT2D eigenvalue weighted by Crippen LogP contribution is -2.51. The van der Waals surface area contributed by atoms with Gasteiger partial charge in [-0.3, -0.25) is 4.79 Å². The molecule has 0 heterocycles. The van der Waals surface area contributed by atoms with Gasteiger partial charge in [-0.15, -0.1) is 23.2 Å². The van der Waals surface area contributed by atoms with E-state index in [0.717, 1.165) is 12.1 Å². The number of amides is 1. The number of rotatable bonds is 6. The SMILES string of the molecule is CCC(CCl)(CCl)NC(=O)Cc1ccc(F)c(F)c1. The third-order valence-corrected chi connectivity index (χ3v) is 3.96. The van der Waals surface area contributed by atoms with Crippen LogP contribution in [0.25, 0.3) is 0 Å². The maximum Gasteiger partial charge on any atom is 0.224 e. The Bertz CT molecular complexity index is 442. The summed E-state index contributed by atoms with van der Waals surface area (Å²) >= 11 is 11.6. The summed E-state index contributed by atoms with van der Waals surface area (Å²) in [6.07, 6.45) is 0.538. The average molecular weight is 310 g/mol. The van der Waals surface area contributed by atoms with Gasteiger partial charge in [0.25, 0.3) is 0 Å². The van der Waals surface area contributed by atoms with E-state index in [4.69, 9.17) is 23.2 Å². The van der Waals surface area contributed by atoms with Gasteiger partial charge in [0.2, 0.25) is 5.91 Å². The lowest BCUT2D eigenvalue weighted by atomic mass is 10.0. The third kappa shape index (κ3) is 4.32. The number of alkyl halides is 2. The van der Waals surface area contributed by atoms with E-state index < -0.39 is 17.2 Å². The van der Waals surface area contributed by atoms with E-state index in [1.807, 2.05) is 6.92 Å². The van der Waals surface area contributed by atoms with Crippen molar-refractivity contribution in [3.05, 3.63) is 35.4 Å². The van der Waals surface area contributed by atoms with Gasteiger partial charge in [0.15, 0.2) is 11.6 Å². The molecular weight excluding hydrogens is 295 g/mol. The summed E-state index contributed by atoms with van der Waals surface area (Å²) < 4.78 is 25.8. The van der Waals surface area contributed by atoms with Crippen LogP contribution in [0.3, 0.4) is 0 Å². The molecule has 1 amide bonds. The molecule has 0 aromatic heterocycles. The first-order valence-electron chi connectivity index (χ1n) is 5.83. The second-order valence-electron chi connectivity index (χ2n) is 4.37. The van der Waals surface area contributed by atoms with Crippen molar-refractivity contribution < 1.29 is 13.6 Å². The Morgan fingerprint density at radius 1 is 1.26 bits per heavy atom. The van der Waals surface area contributed by atoms with Gasteiger partial charge < -0.3 is 5.32 Å². The molecule has 106 valence electrons. The summed E-state index contributed by atoms with van der Waals surface area (Å²) in [5.74, 6) is -1.85. The van der Waals surface area contributed by atoms with Crippen LogP contribution in [-0.4, -0.2) is 23.2 Å². The lowest BCUT2D eigenvalue weighted by molar-refractivity contribution is -0.122. The van der Waals surface area contributed by atoms with Crippen LogP contribution < -0.4 is 5.32 Å².